The Kier molecular flexibility index (Phi) is 6.10. The molecule has 0 amide bonds. The molecule has 0 radical (unpaired) electrons. The summed E-state index contributed by atoms with van der Waals surface area (Å²) in [6, 6.07) is 6.91. The lowest BCUT2D eigenvalue weighted by Gasteiger charge is -2.20. The van der Waals surface area contributed by atoms with Crippen molar-refractivity contribution in [1.29, 1.82) is 0 Å². The SMILES string of the molecule is CCNC(=NCCc1ccc2c(c1)CCO2)NC(C)C(C)C. The molecule has 4 heteroatoms. The monoisotopic (exact) mass is 303 g/mol. The quantitative estimate of drug-likeness (QED) is 0.627. The Morgan fingerprint density at radius 3 is 2.86 bits per heavy atom. The van der Waals surface area contributed by atoms with Crippen molar-refractivity contribution in [2.24, 2.45) is 10.9 Å². The van der Waals surface area contributed by atoms with Gasteiger partial charge in [-0.1, -0.05) is 26.0 Å². The van der Waals surface area contributed by atoms with Crippen LogP contribution < -0.4 is 15.4 Å². The first-order chi connectivity index (χ1) is 10.6. The van der Waals surface area contributed by atoms with Crippen molar-refractivity contribution < 1.29 is 4.74 Å². The largest absolute Gasteiger partial charge is 0.493 e. The van der Waals surface area contributed by atoms with E-state index in [2.05, 4.69) is 61.5 Å². The molecule has 122 valence electrons. The Morgan fingerprint density at radius 2 is 2.14 bits per heavy atom. The van der Waals surface area contributed by atoms with Crippen LogP contribution in [0.25, 0.3) is 0 Å². The maximum absolute atomic E-state index is 5.55. The van der Waals surface area contributed by atoms with Crippen molar-refractivity contribution in [2.75, 3.05) is 19.7 Å². The van der Waals surface area contributed by atoms with Gasteiger partial charge in [-0.3, -0.25) is 4.99 Å². The summed E-state index contributed by atoms with van der Waals surface area (Å²) in [5.41, 5.74) is 2.67. The molecule has 0 fully saturated rings. The highest BCUT2D eigenvalue weighted by Gasteiger charge is 2.12. The molecule has 0 aromatic heterocycles. The van der Waals surface area contributed by atoms with Crippen molar-refractivity contribution in [3.8, 4) is 5.75 Å². The molecule has 1 unspecified atom stereocenters. The fourth-order valence-corrected chi connectivity index (χ4v) is 2.39. The van der Waals surface area contributed by atoms with Crippen LogP contribution in [0, 0.1) is 5.92 Å². The van der Waals surface area contributed by atoms with Gasteiger partial charge < -0.3 is 15.4 Å². The molecule has 1 aromatic carbocycles. The Bertz CT molecular complexity index is 511. The van der Waals surface area contributed by atoms with Crippen LogP contribution in [0.4, 0.5) is 0 Å². The number of nitrogens with zero attached hydrogens (tertiary/aromatic N) is 1. The zero-order valence-corrected chi connectivity index (χ0v) is 14.3. The third-order valence-electron chi connectivity index (χ3n) is 4.13. The number of hydrogen-bond acceptors (Lipinski definition) is 2. The molecule has 1 heterocycles. The van der Waals surface area contributed by atoms with Crippen LogP contribution in [0.5, 0.6) is 5.75 Å². The summed E-state index contributed by atoms with van der Waals surface area (Å²) in [7, 11) is 0. The van der Waals surface area contributed by atoms with Crippen LogP contribution in [-0.4, -0.2) is 31.7 Å². The van der Waals surface area contributed by atoms with Gasteiger partial charge in [-0.15, -0.1) is 0 Å². The van der Waals surface area contributed by atoms with E-state index in [9.17, 15) is 0 Å². The van der Waals surface area contributed by atoms with E-state index in [1.807, 2.05) is 0 Å². The zero-order chi connectivity index (χ0) is 15.9. The number of fused-ring (bicyclic) bond motifs is 1. The average molecular weight is 303 g/mol. The Hall–Kier alpha value is -1.71. The molecule has 0 bridgehead atoms. The normalized spacial score (nSPS) is 15.4. The lowest BCUT2D eigenvalue weighted by Crippen LogP contribution is -2.44. The summed E-state index contributed by atoms with van der Waals surface area (Å²) < 4.78 is 5.55. The highest BCUT2D eigenvalue weighted by atomic mass is 16.5. The minimum Gasteiger partial charge on any atom is -0.493 e. The maximum Gasteiger partial charge on any atom is 0.191 e. The van der Waals surface area contributed by atoms with Gasteiger partial charge in [-0.05, 0) is 43.4 Å². The van der Waals surface area contributed by atoms with Crippen LogP contribution in [0.3, 0.4) is 0 Å². The average Bonchev–Trinajstić information content (AvgIpc) is 2.94. The van der Waals surface area contributed by atoms with Crippen molar-refractivity contribution >= 4 is 5.96 Å². The van der Waals surface area contributed by atoms with E-state index in [1.54, 1.807) is 0 Å². The van der Waals surface area contributed by atoms with Crippen molar-refractivity contribution in [3.63, 3.8) is 0 Å². The molecule has 0 spiro atoms. The first kappa shape index (κ1) is 16.7. The van der Waals surface area contributed by atoms with Gasteiger partial charge in [0.15, 0.2) is 5.96 Å². The molecule has 0 saturated heterocycles. The predicted octanol–water partition coefficient (Wildman–Crippen LogP) is 2.76. The summed E-state index contributed by atoms with van der Waals surface area (Å²) in [6.45, 7) is 11.2. The van der Waals surface area contributed by atoms with E-state index in [4.69, 9.17) is 4.74 Å². The van der Waals surface area contributed by atoms with Gasteiger partial charge in [0, 0.05) is 25.6 Å². The van der Waals surface area contributed by atoms with Crippen LogP contribution in [0.15, 0.2) is 23.2 Å². The van der Waals surface area contributed by atoms with Gasteiger partial charge in [0.05, 0.1) is 6.61 Å². The van der Waals surface area contributed by atoms with Crippen LogP contribution in [0.1, 0.15) is 38.8 Å². The molecule has 4 nitrogen and oxygen atoms in total. The minimum atomic E-state index is 0.412. The first-order valence-corrected chi connectivity index (χ1v) is 8.39. The van der Waals surface area contributed by atoms with Crippen molar-refractivity contribution in [2.45, 2.75) is 46.6 Å². The number of hydrogen-bond donors (Lipinski definition) is 2. The van der Waals surface area contributed by atoms with Gasteiger partial charge in [0.1, 0.15) is 5.75 Å². The predicted molar refractivity (Wildman–Crippen MR) is 92.8 cm³/mol. The molecule has 1 aliphatic rings. The van der Waals surface area contributed by atoms with E-state index in [1.165, 1.54) is 11.1 Å². The fraction of sp³-hybridized carbons (Fsp3) is 0.611. The number of nitrogens with one attached hydrogen (secondary N) is 2. The Morgan fingerprint density at radius 1 is 1.32 bits per heavy atom. The van der Waals surface area contributed by atoms with Gasteiger partial charge in [0.2, 0.25) is 0 Å². The molecular weight excluding hydrogens is 274 g/mol. The molecule has 1 atom stereocenters. The standard InChI is InChI=1S/C18H29N3O/c1-5-19-18(21-14(4)13(2)3)20-10-8-15-6-7-17-16(12-15)9-11-22-17/h6-7,12-14H,5,8-11H2,1-4H3,(H2,19,20,21). The van der Waals surface area contributed by atoms with Crippen LogP contribution in [0.2, 0.25) is 0 Å². The van der Waals surface area contributed by atoms with Gasteiger partial charge in [-0.2, -0.15) is 0 Å². The second-order valence-electron chi connectivity index (χ2n) is 6.23. The Labute approximate surface area is 134 Å². The maximum atomic E-state index is 5.55. The molecule has 0 saturated carbocycles. The molecule has 2 rings (SSSR count). The summed E-state index contributed by atoms with van der Waals surface area (Å²) in [6.07, 6.45) is 1.99. The smallest absolute Gasteiger partial charge is 0.191 e. The third-order valence-corrected chi connectivity index (χ3v) is 4.13. The topological polar surface area (TPSA) is 45.7 Å². The number of benzene rings is 1. The highest BCUT2D eigenvalue weighted by Crippen LogP contribution is 2.25. The van der Waals surface area contributed by atoms with E-state index < -0.39 is 0 Å². The summed E-state index contributed by atoms with van der Waals surface area (Å²) >= 11 is 0. The highest BCUT2D eigenvalue weighted by molar-refractivity contribution is 5.80. The lowest BCUT2D eigenvalue weighted by molar-refractivity contribution is 0.357. The molecular formula is C18H29N3O. The third kappa shape index (κ3) is 4.65. The second-order valence-corrected chi connectivity index (χ2v) is 6.23. The molecule has 22 heavy (non-hydrogen) atoms. The van der Waals surface area contributed by atoms with Crippen LogP contribution in [-0.2, 0) is 12.8 Å². The van der Waals surface area contributed by atoms with Gasteiger partial charge >= 0.3 is 0 Å². The van der Waals surface area contributed by atoms with E-state index in [0.717, 1.165) is 44.2 Å². The fourth-order valence-electron chi connectivity index (χ4n) is 2.39. The summed E-state index contributed by atoms with van der Waals surface area (Å²) in [5.74, 6) is 2.54. The number of guanidine groups is 1. The van der Waals surface area contributed by atoms with Crippen molar-refractivity contribution in [1.82, 2.24) is 10.6 Å². The van der Waals surface area contributed by atoms with Gasteiger partial charge in [-0.25, -0.2) is 0 Å². The van der Waals surface area contributed by atoms with E-state index in [0.29, 0.717) is 12.0 Å². The van der Waals surface area contributed by atoms with Crippen LogP contribution >= 0.6 is 0 Å². The number of aliphatic imine (C=N–C) groups is 1. The Balaban J connectivity index is 1.90. The minimum absolute atomic E-state index is 0.412. The van der Waals surface area contributed by atoms with Crippen molar-refractivity contribution in [3.05, 3.63) is 29.3 Å². The summed E-state index contributed by atoms with van der Waals surface area (Å²) in [5, 5.41) is 6.78. The first-order valence-electron chi connectivity index (χ1n) is 8.39. The number of rotatable bonds is 6. The molecule has 1 aromatic rings. The zero-order valence-electron chi connectivity index (χ0n) is 14.3. The lowest BCUT2D eigenvalue weighted by atomic mass is 10.1. The number of ether oxygens (including phenoxy) is 1. The molecule has 1 aliphatic heterocycles. The second kappa shape index (κ2) is 8.06. The molecule has 0 aliphatic carbocycles. The van der Waals surface area contributed by atoms with E-state index >= 15 is 0 Å². The summed E-state index contributed by atoms with van der Waals surface area (Å²) in [4.78, 5) is 4.69. The molecule has 2 N–H and O–H groups in total. The van der Waals surface area contributed by atoms with Gasteiger partial charge in [0.25, 0.3) is 0 Å². The van der Waals surface area contributed by atoms with E-state index in [-0.39, 0.29) is 0 Å².